The highest BCUT2D eigenvalue weighted by molar-refractivity contribution is 7.89. The van der Waals surface area contributed by atoms with E-state index in [2.05, 4.69) is 14.9 Å². The Labute approximate surface area is 116 Å². The maximum Gasteiger partial charge on any atom is 0.240 e. The molecule has 7 nitrogen and oxygen atoms in total. The molecule has 0 fully saturated rings. The molecule has 20 heavy (non-hydrogen) atoms. The van der Waals surface area contributed by atoms with Gasteiger partial charge in [0.05, 0.1) is 16.5 Å². The molecule has 8 heteroatoms. The van der Waals surface area contributed by atoms with Crippen molar-refractivity contribution in [2.75, 3.05) is 6.54 Å². The Morgan fingerprint density at radius 3 is 2.60 bits per heavy atom. The van der Waals surface area contributed by atoms with E-state index in [1.807, 2.05) is 6.07 Å². The van der Waals surface area contributed by atoms with Crippen LogP contribution in [0.25, 0.3) is 0 Å². The van der Waals surface area contributed by atoms with Crippen LogP contribution in [0.3, 0.4) is 0 Å². The summed E-state index contributed by atoms with van der Waals surface area (Å²) in [7, 11) is -1.77. The molecule has 0 amide bonds. The van der Waals surface area contributed by atoms with Crippen molar-refractivity contribution in [1.82, 2.24) is 19.5 Å². The van der Waals surface area contributed by atoms with Gasteiger partial charge in [0.25, 0.3) is 0 Å². The first kappa shape index (κ1) is 14.2. The largest absolute Gasteiger partial charge is 0.321 e. The van der Waals surface area contributed by atoms with Gasteiger partial charge in [-0.2, -0.15) is 5.26 Å². The Morgan fingerprint density at radius 1 is 1.35 bits per heavy atom. The van der Waals surface area contributed by atoms with Crippen LogP contribution < -0.4 is 4.72 Å². The van der Waals surface area contributed by atoms with Crippen LogP contribution in [0.4, 0.5) is 0 Å². The molecule has 0 atom stereocenters. The Morgan fingerprint density at radius 2 is 2.05 bits per heavy atom. The van der Waals surface area contributed by atoms with E-state index < -0.39 is 10.0 Å². The first-order valence-electron chi connectivity index (χ1n) is 5.85. The third-order valence-electron chi connectivity index (χ3n) is 2.74. The van der Waals surface area contributed by atoms with E-state index in [9.17, 15) is 8.42 Å². The molecule has 1 aromatic carbocycles. The fourth-order valence-electron chi connectivity index (χ4n) is 1.62. The fourth-order valence-corrected chi connectivity index (χ4v) is 2.65. The summed E-state index contributed by atoms with van der Waals surface area (Å²) in [5.41, 5.74) is 0.419. The van der Waals surface area contributed by atoms with Gasteiger partial charge in [-0.25, -0.2) is 13.1 Å². The van der Waals surface area contributed by atoms with Crippen molar-refractivity contribution in [3.8, 4) is 6.07 Å². The number of nitrogens with one attached hydrogen (secondary N) is 1. The first-order chi connectivity index (χ1) is 9.53. The molecule has 1 heterocycles. The van der Waals surface area contributed by atoms with Crippen molar-refractivity contribution in [1.29, 1.82) is 5.26 Å². The molecular formula is C12H13N5O2S. The molecule has 0 aliphatic carbocycles. The van der Waals surface area contributed by atoms with Crippen LogP contribution >= 0.6 is 0 Å². The normalized spacial score (nSPS) is 11.2. The molecule has 0 radical (unpaired) electrons. The average Bonchev–Trinajstić information content (AvgIpc) is 2.84. The topological polar surface area (TPSA) is 101 Å². The van der Waals surface area contributed by atoms with Crippen LogP contribution in [0.1, 0.15) is 11.4 Å². The number of sulfonamides is 1. The van der Waals surface area contributed by atoms with Crippen molar-refractivity contribution >= 4 is 10.0 Å². The second-order valence-corrected chi connectivity index (χ2v) is 5.91. The number of aryl methyl sites for hydroxylation is 1. The number of nitriles is 1. The molecule has 2 rings (SSSR count). The number of hydrogen-bond acceptors (Lipinski definition) is 5. The van der Waals surface area contributed by atoms with Gasteiger partial charge in [0.15, 0.2) is 0 Å². The maximum absolute atomic E-state index is 12.0. The van der Waals surface area contributed by atoms with Crippen molar-refractivity contribution in [2.45, 2.75) is 11.3 Å². The van der Waals surface area contributed by atoms with E-state index in [0.717, 1.165) is 0 Å². The molecule has 0 aliphatic rings. The highest BCUT2D eigenvalue weighted by Gasteiger charge is 2.13. The lowest BCUT2D eigenvalue weighted by molar-refractivity contribution is 0.580. The molecule has 104 valence electrons. The molecular weight excluding hydrogens is 278 g/mol. The van der Waals surface area contributed by atoms with E-state index >= 15 is 0 Å². The Balaban J connectivity index is 2.00. The van der Waals surface area contributed by atoms with Gasteiger partial charge in [-0.3, -0.25) is 0 Å². The molecule has 0 saturated carbocycles. The second kappa shape index (κ2) is 5.81. The summed E-state index contributed by atoms with van der Waals surface area (Å²) in [5, 5.41) is 16.3. The van der Waals surface area contributed by atoms with Crippen LogP contribution in [0.5, 0.6) is 0 Å². The molecule has 0 saturated heterocycles. The molecule has 2 aromatic rings. The highest BCUT2D eigenvalue weighted by atomic mass is 32.2. The fraction of sp³-hybridized carbons (Fsp3) is 0.250. The Bertz CT molecular complexity index is 728. The van der Waals surface area contributed by atoms with Crippen LogP contribution in [0.15, 0.2) is 35.5 Å². The lowest BCUT2D eigenvalue weighted by Crippen LogP contribution is -2.26. The molecule has 0 spiro atoms. The van der Waals surface area contributed by atoms with E-state index in [4.69, 9.17) is 5.26 Å². The van der Waals surface area contributed by atoms with E-state index in [0.29, 0.717) is 17.8 Å². The summed E-state index contributed by atoms with van der Waals surface area (Å²) in [6.07, 6.45) is 2.01. The van der Waals surface area contributed by atoms with Crippen molar-refractivity contribution < 1.29 is 8.42 Å². The molecule has 0 aliphatic heterocycles. The van der Waals surface area contributed by atoms with Gasteiger partial charge in [-0.05, 0) is 24.3 Å². The summed E-state index contributed by atoms with van der Waals surface area (Å²) < 4.78 is 28.2. The Hall–Kier alpha value is -2.24. The predicted molar refractivity (Wildman–Crippen MR) is 71.1 cm³/mol. The first-order valence-corrected chi connectivity index (χ1v) is 7.34. The van der Waals surface area contributed by atoms with E-state index in [-0.39, 0.29) is 11.4 Å². The van der Waals surface area contributed by atoms with Gasteiger partial charge >= 0.3 is 0 Å². The SMILES string of the molecule is Cn1cnnc1CCNS(=O)(=O)c1ccc(C#N)cc1. The number of hydrogen-bond donors (Lipinski definition) is 1. The second-order valence-electron chi connectivity index (χ2n) is 4.14. The highest BCUT2D eigenvalue weighted by Crippen LogP contribution is 2.09. The lowest BCUT2D eigenvalue weighted by Gasteiger charge is -2.06. The van der Waals surface area contributed by atoms with Crippen LogP contribution in [0.2, 0.25) is 0 Å². The minimum absolute atomic E-state index is 0.134. The zero-order valence-corrected chi connectivity index (χ0v) is 11.6. The molecule has 1 aromatic heterocycles. The lowest BCUT2D eigenvalue weighted by atomic mass is 10.2. The zero-order chi connectivity index (χ0) is 14.6. The minimum atomic E-state index is -3.57. The van der Waals surface area contributed by atoms with Crippen LogP contribution in [-0.4, -0.2) is 29.7 Å². The third kappa shape index (κ3) is 3.20. The third-order valence-corrected chi connectivity index (χ3v) is 4.22. The van der Waals surface area contributed by atoms with Gasteiger partial charge in [-0.15, -0.1) is 10.2 Å². The van der Waals surface area contributed by atoms with Crippen molar-refractivity contribution in [3.63, 3.8) is 0 Å². The number of aromatic nitrogens is 3. The Kier molecular flexibility index (Phi) is 4.12. The van der Waals surface area contributed by atoms with Gasteiger partial charge in [0, 0.05) is 20.0 Å². The smallest absolute Gasteiger partial charge is 0.240 e. The molecule has 0 bridgehead atoms. The van der Waals surface area contributed by atoms with Gasteiger partial charge in [0.2, 0.25) is 10.0 Å². The van der Waals surface area contributed by atoms with Crippen LogP contribution in [-0.2, 0) is 23.5 Å². The standard InChI is InChI=1S/C12H13N5O2S/c1-17-9-14-16-12(17)6-7-15-20(18,19)11-4-2-10(8-13)3-5-11/h2-5,9,15H,6-7H2,1H3. The van der Waals surface area contributed by atoms with E-state index in [1.54, 1.807) is 17.9 Å². The molecule has 0 unspecified atom stereocenters. The number of rotatable bonds is 5. The number of benzene rings is 1. The van der Waals surface area contributed by atoms with Gasteiger partial charge in [0.1, 0.15) is 12.2 Å². The van der Waals surface area contributed by atoms with Crippen LogP contribution in [0, 0.1) is 11.3 Å². The zero-order valence-electron chi connectivity index (χ0n) is 10.8. The van der Waals surface area contributed by atoms with Crippen molar-refractivity contribution in [2.24, 2.45) is 7.05 Å². The predicted octanol–water partition coefficient (Wildman–Crippen LogP) is 0.208. The van der Waals surface area contributed by atoms with E-state index in [1.165, 1.54) is 24.3 Å². The number of nitrogens with zero attached hydrogens (tertiary/aromatic N) is 4. The maximum atomic E-state index is 12.0. The summed E-state index contributed by atoms with van der Waals surface area (Å²) in [6.45, 7) is 0.231. The quantitative estimate of drug-likeness (QED) is 0.848. The summed E-state index contributed by atoms with van der Waals surface area (Å²) in [6, 6.07) is 7.69. The van der Waals surface area contributed by atoms with Crippen molar-refractivity contribution in [3.05, 3.63) is 42.0 Å². The summed E-state index contributed by atoms with van der Waals surface area (Å²) >= 11 is 0. The summed E-state index contributed by atoms with van der Waals surface area (Å²) in [4.78, 5) is 0.134. The average molecular weight is 291 g/mol. The monoisotopic (exact) mass is 291 g/mol. The van der Waals surface area contributed by atoms with Gasteiger partial charge in [-0.1, -0.05) is 0 Å². The molecule has 1 N–H and O–H groups in total. The summed E-state index contributed by atoms with van der Waals surface area (Å²) in [5.74, 6) is 0.701. The van der Waals surface area contributed by atoms with Gasteiger partial charge < -0.3 is 4.57 Å². The minimum Gasteiger partial charge on any atom is -0.321 e.